The van der Waals surface area contributed by atoms with Crippen LogP contribution in [0.25, 0.3) is 11.0 Å². The summed E-state index contributed by atoms with van der Waals surface area (Å²) in [5.74, 6) is -0.820. The van der Waals surface area contributed by atoms with E-state index in [9.17, 15) is 14.4 Å². The average molecular weight is 359 g/mol. The molecule has 0 unspecified atom stereocenters. The largest absolute Gasteiger partial charge is 0.452 e. The van der Waals surface area contributed by atoms with Gasteiger partial charge in [-0.25, -0.2) is 9.78 Å². The van der Waals surface area contributed by atoms with Crippen LogP contribution in [0.4, 0.5) is 0 Å². The van der Waals surface area contributed by atoms with Gasteiger partial charge in [-0.1, -0.05) is 13.3 Å². The Labute approximate surface area is 152 Å². The van der Waals surface area contributed by atoms with Gasteiger partial charge in [0.2, 0.25) is 0 Å². The quantitative estimate of drug-likeness (QED) is 0.708. The predicted octanol–water partition coefficient (Wildman–Crippen LogP) is 2.14. The molecule has 0 saturated heterocycles. The van der Waals surface area contributed by atoms with E-state index in [0.717, 1.165) is 12.8 Å². The molecule has 140 valence electrons. The van der Waals surface area contributed by atoms with Crippen LogP contribution in [0, 0.1) is 6.92 Å². The maximum absolute atomic E-state index is 12.2. The zero-order valence-corrected chi connectivity index (χ0v) is 15.7. The number of unbranched alkanes of at least 4 members (excludes halogenated alkanes) is 1. The van der Waals surface area contributed by atoms with Gasteiger partial charge in [0.25, 0.3) is 11.5 Å². The minimum Gasteiger partial charge on any atom is -0.452 e. The molecule has 0 saturated carbocycles. The Balaban J connectivity index is 2.15. The maximum Gasteiger partial charge on any atom is 0.338 e. The number of carbonyl (C=O) groups excluding carboxylic acids is 2. The minimum atomic E-state index is -0.585. The number of hydrogen-bond donors (Lipinski definition) is 0. The first-order valence-corrected chi connectivity index (χ1v) is 8.81. The summed E-state index contributed by atoms with van der Waals surface area (Å²) >= 11 is 0. The topological polar surface area (TPSA) is 81.5 Å². The van der Waals surface area contributed by atoms with E-state index < -0.39 is 5.97 Å². The molecule has 7 heteroatoms. The van der Waals surface area contributed by atoms with Crippen molar-refractivity contribution in [3.63, 3.8) is 0 Å². The first kappa shape index (κ1) is 19.6. The van der Waals surface area contributed by atoms with Gasteiger partial charge in [-0.2, -0.15) is 0 Å². The van der Waals surface area contributed by atoms with E-state index >= 15 is 0 Å². The maximum atomic E-state index is 12.2. The fourth-order valence-corrected chi connectivity index (χ4v) is 2.66. The second-order valence-electron chi connectivity index (χ2n) is 6.20. The Hall–Kier alpha value is -2.70. The molecule has 1 aromatic carbocycles. The van der Waals surface area contributed by atoms with E-state index in [1.54, 1.807) is 41.6 Å². The number of ether oxygens (including phenoxy) is 1. The second-order valence-corrected chi connectivity index (χ2v) is 6.20. The van der Waals surface area contributed by atoms with Gasteiger partial charge in [0.1, 0.15) is 5.69 Å². The van der Waals surface area contributed by atoms with Gasteiger partial charge in [-0.05, 0) is 38.5 Å². The van der Waals surface area contributed by atoms with E-state index in [0.29, 0.717) is 35.4 Å². The number of fused-ring (bicyclic) bond motifs is 1. The van der Waals surface area contributed by atoms with Crippen LogP contribution in [0.3, 0.4) is 0 Å². The molecule has 0 bridgehead atoms. The Morgan fingerprint density at radius 2 is 2.00 bits per heavy atom. The van der Waals surface area contributed by atoms with Crippen molar-refractivity contribution in [3.8, 4) is 0 Å². The zero-order chi connectivity index (χ0) is 19.3. The number of amides is 1. The molecule has 0 spiro atoms. The number of esters is 1. The summed E-state index contributed by atoms with van der Waals surface area (Å²) in [6, 6.07) is 4.85. The highest BCUT2D eigenvalue weighted by Crippen LogP contribution is 2.14. The van der Waals surface area contributed by atoms with Crippen LogP contribution < -0.4 is 5.56 Å². The standard InChI is InChI=1S/C19H25N3O4/c1-5-7-10-21(4)17(23)12-26-19(25)14-8-9-16-15(11-14)20-13(3)18(24)22(16)6-2/h8-9,11H,5-7,10,12H2,1-4H3. The number of nitrogens with zero attached hydrogens (tertiary/aromatic N) is 3. The van der Waals surface area contributed by atoms with E-state index in [4.69, 9.17) is 4.74 Å². The number of rotatable bonds is 7. The van der Waals surface area contributed by atoms with Gasteiger partial charge in [0.05, 0.1) is 16.6 Å². The van der Waals surface area contributed by atoms with Crippen molar-refractivity contribution in [2.75, 3.05) is 20.2 Å². The molecule has 0 atom stereocenters. The van der Waals surface area contributed by atoms with Crippen LogP contribution in [-0.4, -0.2) is 46.5 Å². The van der Waals surface area contributed by atoms with Crippen LogP contribution in [0.15, 0.2) is 23.0 Å². The summed E-state index contributed by atoms with van der Waals surface area (Å²) in [6.07, 6.45) is 1.90. The van der Waals surface area contributed by atoms with Gasteiger partial charge < -0.3 is 14.2 Å². The van der Waals surface area contributed by atoms with Gasteiger partial charge in [0, 0.05) is 20.1 Å². The van der Waals surface area contributed by atoms with E-state index in [1.807, 2.05) is 13.8 Å². The number of benzene rings is 1. The molecule has 1 aromatic heterocycles. The third-order valence-corrected chi connectivity index (χ3v) is 4.26. The monoisotopic (exact) mass is 359 g/mol. The third kappa shape index (κ3) is 4.28. The van der Waals surface area contributed by atoms with Gasteiger partial charge in [-0.15, -0.1) is 0 Å². The van der Waals surface area contributed by atoms with E-state index in [-0.39, 0.29) is 18.1 Å². The summed E-state index contributed by atoms with van der Waals surface area (Å²) in [6.45, 7) is 6.43. The lowest BCUT2D eigenvalue weighted by atomic mass is 10.2. The molecule has 26 heavy (non-hydrogen) atoms. The second kappa shape index (κ2) is 8.60. The molecule has 7 nitrogen and oxygen atoms in total. The molecular weight excluding hydrogens is 334 g/mol. The fourth-order valence-electron chi connectivity index (χ4n) is 2.66. The van der Waals surface area contributed by atoms with Crippen LogP contribution in [-0.2, 0) is 16.1 Å². The van der Waals surface area contributed by atoms with Crippen LogP contribution in [0.5, 0.6) is 0 Å². The summed E-state index contributed by atoms with van der Waals surface area (Å²) in [5, 5.41) is 0. The lowest BCUT2D eigenvalue weighted by Crippen LogP contribution is -2.32. The van der Waals surface area contributed by atoms with Gasteiger partial charge in [0.15, 0.2) is 6.61 Å². The summed E-state index contributed by atoms with van der Waals surface area (Å²) < 4.78 is 6.73. The van der Waals surface area contributed by atoms with Crippen LogP contribution in [0.2, 0.25) is 0 Å². The first-order chi connectivity index (χ1) is 12.4. The molecule has 1 amide bonds. The lowest BCUT2D eigenvalue weighted by molar-refractivity contribution is -0.133. The average Bonchev–Trinajstić information content (AvgIpc) is 2.64. The summed E-state index contributed by atoms with van der Waals surface area (Å²) in [5.41, 5.74) is 1.74. The minimum absolute atomic E-state index is 0.143. The Kier molecular flexibility index (Phi) is 6.49. The summed E-state index contributed by atoms with van der Waals surface area (Å²) in [7, 11) is 1.69. The number of carbonyl (C=O) groups is 2. The van der Waals surface area contributed by atoms with Gasteiger partial charge in [-0.3, -0.25) is 9.59 Å². The molecule has 0 aliphatic carbocycles. The van der Waals surface area contributed by atoms with Crippen molar-refractivity contribution in [2.24, 2.45) is 0 Å². The fraction of sp³-hybridized carbons (Fsp3) is 0.474. The van der Waals surface area contributed by atoms with Crippen molar-refractivity contribution in [3.05, 3.63) is 39.8 Å². The van der Waals surface area contributed by atoms with Crippen LogP contribution in [0.1, 0.15) is 42.7 Å². The van der Waals surface area contributed by atoms with Crippen molar-refractivity contribution in [1.29, 1.82) is 0 Å². The van der Waals surface area contributed by atoms with Crippen molar-refractivity contribution in [2.45, 2.75) is 40.2 Å². The van der Waals surface area contributed by atoms with E-state index in [2.05, 4.69) is 4.98 Å². The first-order valence-electron chi connectivity index (χ1n) is 8.81. The number of aryl methyl sites for hydroxylation is 2. The van der Waals surface area contributed by atoms with Crippen molar-refractivity contribution in [1.82, 2.24) is 14.5 Å². The lowest BCUT2D eigenvalue weighted by Gasteiger charge is -2.16. The molecule has 0 aliphatic heterocycles. The molecule has 0 fully saturated rings. The number of likely N-dealkylation sites (N-methyl/N-ethyl adjacent to an activating group) is 1. The van der Waals surface area contributed by atoms with Crippen molar-refractivity contribution >= 4 is 22.9 Å². The highest BCUT2D eigenvalue weighted by molar-refractivity contribution is 5.94. The highest BCUT2D eigenvalue weighted by atomic mass is 16.5. The predicted molar refractivity (Wildman–Crippen MR) is 99.2 cm³/mol. The molecule has 2 rings (SSSR count). The highest BCUT2D eigenvalue weighted by Gasteiger charge is 2.15. The van der Waals surface area contributed by atoms with E-state index in [1.165, 1.54) is 0 Å². The Bertz CT molecular complexity index is 873. The molecule has 1 heterocycles. The SMILES string of the molecule is CCCCN(C)C(=O)COC(=O)c1ccc2c(c1)nc(C)c(=O)n2CC. The molecule has 0 radical (unpaired) electrons. The Morgan fingerprint density at radius 1 is 1.27 bits per heavy atom. The zero-order valence-electron chi connectivity index (χ0n) is 15.7. The molecule has 0 N–H and O–H groups in total. The third-order valence-electron chi connectivity index (χ3n) is 4.26. The normalized spacial score (nSPS) is 10.8. The molecule has 0 aliphatic rings. The van der Waals surface area contributed by atoms with Gasteiger partial charge >= 0.3 is 5.97 Å². The van der Waals surface area contributed by atoms with Crippen LogP contribution >= 0.6 is 0 Å². The molecular formula is C19H25N3O4. The Morgan fingerprint density at radius 3 is 2.65 bits per heavy atom. The number of aromatic nitrogens is 2. The number of hydrogen-bond acceptors (Lipinski definition) is 5. The smallest absolute Gasteiger partial charge is 0.338 e. The summed E-state index contributed by atoms with van der Waals surface area (Å²) in [4.78, 5) is 42.1. The molecule has 2 aromatic rings. The van der Waals surface area contributed by atoms with Crippen molar-refractivity contribution < 1.29 is 14.3 Å².